The lowest BCUT2D eigenvalue weighted by Crippen LogP contribution is -2.06. The lowest BCUT2D eigenvalue weighted by Gasteiger charge is -2.03. The lowest BCUT2D eigenvalue weighted by atomic mass is 10.1. The summed E-state index contributed by atoms with van der Waals surface area (Å²) >= 11 is 11.6. The second-order valence-electron chi connectivity index (χ2n) is 3.34. The molecule has 1 aromatic rings. The van der Waals surface area contributed by atoms with Gasteiger partial charge in [0.05, 0.1) is 6.42 Å². The Morgan fingerprint density at radius 2 is 1.88 bits per heavy atom. The first-order valence-electron chi connectivity index (χ1n) is 4.66. The summed E-state index contributed by atoms with van der Waals surface area (Å²) in [5.41, 5.74) is 0.668. The van der Waals surface area contributed by atoms with Gasteiger partial charge >= 0.3 is 5.97 Å². The van der Waals surface area contributed by atoms with Gasteiger partial charge in [-0.15, -0.1) is 0 Å². The number of halogens is 2. The van der Waals surface area contributed by atoms with E-state index in [0.29, 0.717) is 15.6 Å². The third kappa shape index (κ3) is 4.21. The molecule has 1 N–H and O–H groups in total. The maximum atomic E-state index is 11.4. The number of hydrogen-bond donors (Lipinski definition) is 1. The standard InChI is InChI=1S/C11H10Cl2O3/c12-8-2-1-7(10(13)6-8)5-9(14)3-4-11(15)16/h1-2,6H,3-5H2,(H,15,16). The molecular formula is C11H10Cl2O3. The van der Waals surface area contributed by atoms with Gasteiger partial charge < -0.3 is 5.11 Å². The summed E-state index contributed by atoms with van der Waals surface area (Å²) in [4.78, 5) is 21.7. The quantitative estimate of drug-likeness (QED) is 0.886. The van der Waals surface area contributed by atoms with Crippen LogP contribution in [0.25, 0.3) is 0 Å². The summed E-state index contributed by atoms with van der Waals surface area (Å²) in [6.45, 7) is 0. The van der Waals surface area contributed by atoms with E-state index in [2.05, 4.69) is 0 Å². The summed E-state index contributed by atoms with van der Waals surface area (Å²) in [5.74, 6) is -1.12. The van der Waals surface area contributed by atoms with Crippen LogP contribution in [0.2, 0.25) is 10.0 Å². The Morgan fingerprint density at radius 3 is 2.44 bits per heavy atom. The third-order valence-electron chi connectivity index (χ3n) is 2.02. The van der Waals surface area contributed by atoms with E-state index in [0.717, 1.165) is 0 Å². The molecule has 0 bridgehead atoms. The molecular weight excluding hydrogens is 251 g/mol. The number of hydrogen-bond acceptors (Lipinski definition) is 2. The van der Waals surface area contributed by atoms with Crippen molar-refractivity contribution in [1.82, 2.24) is 0 Å². The Bertz CT molecular complexity index is 416. The van der Waals surface area contributed by atoms with Crippen LogP contribution in [-0.2, 0) is 16.0 Å². The smallest absolute Gasteiger partial charge is 0.303 e. The molecule has 1 aromatic carbocycles. The second kappa shape index (κ2) is 5.87. The molecule has 0 atom stereocenters. The van der Waals surface area contributed by atoms with Crippen LogP contribution in [0.15, 0.2) is 18.2 Å². The fourth-order valence-corrected chi connectivity index (χ4v) is 1.69. The number of carboxylic acid groups (broad SMARTS) is 1. The first-order chi connectivity index (χ1) is 7.49. The molecule has 0 heterocycles. The predicted octanol–water partition coefficient (Wildman–Crippen LogP) is 2.97. The van der Waals surface area contributed by atoms with Gasteiger partial charge in [0.2, 0.25) is 0 Å². The molecule has 0 spiro atoms. The zero-order chi connectivity index (χ0) is 12.1. The van der Waals surface area contributed by atoms with E-state index < -0.39 is 5.97 Å². The van der Waals surface area contributed by atoms with Gasteiger partial charge in [-0.2, -0.15) is 0 Å². The van der Waals surface area contributed by atoms with Crippen LogP contribution >= 0.6 is 23.2 Å². The Labute approximate surface area is 103 Å². The average Bonchev–Trinajstić information content (AvgIpc) is 2.19. The van der Waals surface area contributed by atoms with Gasteiger partial charge in [0.1, 0.15) is 5.78 Å². The van der Waals surface area contributed by atoms with Crippen molar-refractivity contribution in [3.63, 3.8) is 0 Å². The van der Waals surface area contributed by atoms with E-state index >= 15 is 0 Å². The molecule has 0 aromatic heterocycles. The van der Waals surface area contributed by atoms with Crippen LogP contribution in [0.4, 0.5) is 0 Å². The maximum Gasteiger partial charge on any atom is 0.303 e. The van der Waals surface area contributed by atoms with E-state index in [4.69, 9.17) is 28.3 Å². The topological polar surface area (TPSA) is 54.4 Å². The highest BCUT2D eigenvalue weighted by molar-refractivity contribution is 6.35. The fraction of sp³-hybridized carbons (Fsp3) is 0.273. The summed E-state index contributed by atoms with van der Waals surface area (Å²) in [6.07, 6.45) is 0.0155. The predicted molar refractivity (Wildman–Crippen MR) is 62.0 cm³/mol. The molecule has 0 saturated heterocycles. The van der Waals surface area contributed by atoms with Gasteiger partial charge in [-0.05, 0) is 17.7 Å². The molecule has 1 rings (SSSR count). The minimum Gasteiger partial charge on any atom is -0.481 e. The molecule has 86 valence electrons. The molecule has 0 aliphatic carbocycles. The molecule has 0 aliphatic rings. The first kappa shape index (κ1) is 13.0. The number of carbonyl (C=O) groups is 2. The Morgan fingerprint density at radius 1 is 1.19 bits per heavy atom. The number of carbonyl (C=O) groups excluding carboxylic acids is 1. The molecule has 16 heavy (non-hydrogen) atoms. The van der Waals surface area contributed by atoms with Gasteiger partial charge in [0.25, 0.3) is 0 Å². The largest absolute Gasteiger partial charge is 0.481 e. The number of ketones is 1. The molecule has 0 fully saturated rings. The van der Waals surface area contributed by atoms with E-state index in [9.17, 15) is 9.59 Å². The molecule has 0 radical (unpaired) electrons. The van der Waals surface area contributed by atoms with Crippen molar-refractivity contribution in [3.8, 4) is 0 Å². The minimum absolute atomic E-state index is 0.0221. The van der Waals surface area contributed by atoms with Gasteiger partial charge in [0, 0.05) is 22.9 Å². The fourth-order valence-electron chi connectivity index (χ4n) is 1.21. The first-order valence-corrected chi connectivity index (χ1v) is 5.42. The zero-order valence-electron chi connectivity index (χ0n) is 8.37. The van der Waals surface area contributed by atoms with Crippen molar-refractivity contribution in [2.45, 2.75) is 19.3 Å². The second-order valence-corrected chi connectivity index (χ2v) is 4.19. The number of Topliss-reactive ketones (excluding diaryl/α,β-unsaturated/α-hetero) is 1. The number of aliphatic carboxylic acids is 1. The van der Waals surface area contributed by atoms with Crippen molar-refractivity contribution in [2.75, 3.05) is 0 Å². The molecule has 0 amide bonds. The highest BCUT2D eigenvalue weighted by Gasteiger charge is 2.09. The molecule has 0 aliphatic heterocycles. The van der Waals surface area contributed by atoms with Crippen molar-refractivity contribution in [3.05, 3.63) is 33.8 Å². The van der Waals surface area contributed by atoms with Crippen LogP contribution in [-0.4, -0.2) is 16.9 Å². The lowest BCUT2D eigenvalue weighted by molar-refractivity contribution is -0.138. The monoisotopic (exact) mass is 260 g/mol. The summed E-state index contributed by atoms with van der Waals surface area (Å²) in [6, 6.07) is 4.87. The van der Waals surface area contributed by atoms with Crippen LogP contribution in [0.5, 0.6) is 0 Å². The van der Waals surface area contributed by atoms with Gasteiger partial charge in [-0.1, -0.05) is 29.3 Å². The van der Waals surface area contributed by atoms with E-state index in [1.165, 1.54) is 0 Å². The van der Waals surface area contributed by atoms with Gasteiger partial charge in [0.15, 0.2) is 0 Å². The number of rotatable bonds is 5. The van der Waals surface area contributed by atoms with Crippen LogP contribution in [0, 0.1) is 0 Å². The van der Waals surface area contributed by atoms with Crippen LogP contribution in [0.3, 0.4) is 0 Å². The Balaban J connectivity index is 2.59. The van der Waals surface area contributed by atoms with Crippen LogP contribution in [0.1, 0.15) is 18.4 Å². The molecule has 3 nitrogen and oxygen atoms in total. The normalized spacial score (nSPS) is 10.1. The average molecular weight is 261 g/mol. The molecule has 5 heteroatoms. The summed E-state index contributed by atoms with van der Waals surface area (Å²) in [7, 11) is 0. The van der Waals surface area contributed by atoms with Crippen molar-refractivity contribution in [2.24, 2.45) is 0 Å². The van der Waals surface area contributed by atoms with E-state index in [1.54, 1.807) is 18.2 Å². The number of benzene rings is 1. The maximum absolute atomic E-state index is 11.4. The Kier molecular flexibility index (Phi) is 4.77. The molecule has 0 saturated carbocycles. The van der Waals surface area contributed by atoms with E-state index in [1.807, 2.05) is 0 Å². The molecule has 0 unspecified atom stereocenters. The Hall–Kier alpha value is -1.06. The van der Waals surface area contributed by atoms with E-state index in [-0.39, 0.29) is 25.0 Å². The van der Waals surface area contributed by atoms with Crippen molar-refractivity contribution in [1.29, 1.82) is 0 Å². The van der Waals surface area contributed by atoms with Gasteiger partial charge in [-0.25, -0.2) is 0 Å². The van der Waals surface area contributed by atoms with Crippen LogP contribution < -0.4 is 0 Å². The minimum atomic E-state index is -0.976. The number of carboxylic acids is 1. The van der Waals surface area contributed by atoms with Gasteiger partial charge in [-0.3, -0.25) is 9.59 Å². The summed E-state index contributed by atoms with van der Waals surface area (Å²) < 4.78 is 0. The summed E-state index contributed by atoms with van der Waals surface area (Å²) in [5, 5.41) is 9.36. The van der Waals surface area contributed by atoms with Crippen molar-refractivity contribution >= 4 is 35.0 Å². The van der Waals surface area contributed by atoms with Crippen molar-refractivity contribution < 1.29 is 14.7 Å². The highest BCUT2D eigenvalue weighted by Crippen LogP contribution is 2.21. The zero-order valence-corrected chi connectivity index (χ0v) is 9.88. The highest BCUT2D eigenvalue weighted by atomic mass is 35.5. The third-order valence-corrected chi connectivity index (χ3v) is 2.61. The SMILES string of the molecule is O=C(O)CCC(=O)Cc1ccc(Cl)cc1Cl.